The van der Waals surface area contributed by atoms with Gasteiger partial charge in [-0.3, -0.25) is 19.2 Å². The summed E-state index contributed by atoms with van der Waals surface area (Å²) in [5, 5.41) is 15.0. The summed E-state index contributed by atoms with van der Waals surface area (Å²) in [6, 6.07) is -0.887. The lowest BCUT2D eigenvalue weighted by atomic mass is 9.33. The summed E-state index contributed by atoms with van der Waals surface area (Å²) in [6.45, 7) is 21.7. The van der Waals surface area contributed by atoms with Crippen molar-refractivity contribution in [2.24, 2.45) is 50.2 Å². The predicted octanol–water partition coefficient (Wildman–Crippen LogP) is 11.9. The molecule has 4 fully saturated rings. The summed E-state index contributed by atoms with van der Waals surface area (Å²) < 4.78 is 6.41. The third-order valence-corrected chi connectivity index (χ3v) is 17.9. The third kappa shape index (κ3) is 9.97. The lowest BCUT2D eigenvalue weighted by molar-refractivity contribution is -0.213. The zero-order chi connectivity index (χ0) is 43.3. The summed E-state index contributed by atoms with van der Waals surface area (Å²) in [6.07, 6.45) is 27.4. The number of unbranched alkanes of at least 4 members (excludes halogenated alkanes) is 10. The van der Waals surface area contributed by atoms with Crippen LogP contribution >= 0.6 is 0 Å². The molecule has 0 heterocycles. The quantitative estimate of drug-likeness (QED) is 0.0639. The monoisotopic (exact) mass is 823 g/mol. The standard InChI is InChI=1S/C51H86N2O6/c1-10-11-12-13-14-15-16-17-20-23-43(55)59-41-27-28-48(7)39(47(41,5)6)26-29-50(9)40(48)25-24-37-38-35-46(3,4)30-32-51(38,33-31-49(37,50)8)45(58)52-34-21-18-19-22-42(54)53-36(2)44(56)57/h24,36,38-41H,10-23,25-35H2,1-9H3,(H,52,58)(H,53,54)(H,56,57)/t36-,38?,39?,40?,41-,48-,49+,50+,51-/m0/s1. The fourth-order valence-corrected chi connectivity index (χ4v) is 14.0. The first-order valence-electron chi connectivity index (χ1n) is 24.5. The molecule has 2 amide bonds. The molecule has 4 saturated carbocycles. The van der Waals surface area contributed by atoms with Crippen molar-refractivity contribution in [2.45, 2.75) is 229 Å². The highest BCUT2D eigenvalue weighted by Gasteiger charge is 2.69. The first-order valence-corrected chi connectivity index (χ1v) is 24.5. The topological polar surface area (TPSA) is 122 Å². The van der Waals surface area contributed by atoms with Gasteiger partial charge in [0.15, 0.2) is 0 Å². The Morgan fingerprint density at radius 1 is 0.763 bits per heavy atom. The Kier molecular flexibility index (Phi) is 15.6. The van der Waals surface area contributed by atoms with Crippen molar-refractivity contribution in [3.63, 3.8) is 0 Å². The average molecular weight is 823 g/mol. The maximum absolute atomic E-state index is 14.5. The molecule has 9 atom stereocenters. The number of carbonyl (C=O) groups excluding carboxylic acids is 3. The van der Waals surface area contributed by atoms with Gasteiger partial charge in [0, 0.05) is 24.8 Å². The highest BCUT2D eigenvalue weighted by Crippen LogP contribution is 2.76. The molecule has 0 spiro atoms. The van der Waals surface area contributed by atoms with E-state index in [1.807, 2.05) is 0 Å². The van der Waals surface area contributed by atoms with Gasteiger partial charge < -0.3 is 20.5 Å². The maximum atomic E-state index is 14.5. The van der Waals surface area contributed by atoms with Gasteiger partial charge >= 0.3 is 11.9 Å². The van der Waals surface area contributed by atoms with Gasteiger partial charge in [-0.15, -0.1) is 0 Å². The number of nitrogens with one attached hydrogen (secondary N) is 2. The number of amides is 2. The molecule has 0 aromatic heterocycles. The molecule has 5 aliphatic carbocycles. The van der Waals surface area contributed by atoms with Crippen LogP contribution in [-0.4, -0.2) is 47.6 Å². The number of hydrogen-bond acceptors (Lipinski definition) is 5. The number of allylic oxidation sites excluding steroid dienone is 2. The summed E-state index contributed by atoms with van der Waals surface area (Å²) >= 11 is 0. The van der Waals surface area contributed by atoms with E-state index in [0.29, 0.717) is 37.6 Å². The molecule has 5 aliphatic rings. The fourth-order valence-electron chi connectivity index (χ4n) is 14.0. The smallest absolute Gasteiger partial charge is 0.325 e. The van der Waals surface area contributed by atoms with Gasteiger partial charge in [0.05, 0.1) is 5.41 Å². The Labute approximate surface area is 359 Å². The van der Waals surface area contributed by atoms with Gasteiger partial charge in [-0.05, 0) is 130 Å². The lowest BCUT2D eigenvalue weighted by Crippen LogP contribution is -2.65. The molecule has 8 heteroatoms. The van der Waals surface area contributed by atoms with Crippen molar-refractivity contribution in [1.29, 1.82) is 0 Å². The second-order valence-electron chi connectivity index (χ2n) is 22.5. The van der Waals surface area contributed by atoms with Gasteiger partial charge in [-0.2, -0.15) is 0 Å². The van der Waals surface area contributed by atoms with E-state index >= 15 is 0 Å². The number of esters is 1. The summed E-state index contributed by atoms with van der Waals surface area (Å²) in [5.41, 5.74) is 1.63. The van der Waals surface area contributed by atoms with Crippen molar-refractivity contribution in [3.8, 4) is 0 Å². The predicted molar refractivity (Wildman–Crippen MR) is 237 cm³/mol. The van der Waals surface area contributed by atoms with E-state index in [1.165, 1.54) is 58.3 Å². The summed E-state index contributed by atoms with van der Waals surface area (Å²) in [7, 11) is 0. The number of carboxylic acids is 1. The maximum Gasteiger partial charge on any atom is 0.325 e. The van der Waals surface area contributed by atoms with Gasteiger partial charge in [-0.1, -0.05) is 125 Å². The Morgan fingerprint density at radius 2 is 1.39 bits per heavy atom. The van der Waals surface area contributed by atoms with Crippen LogP contribution in [0.25, 0.3) is 0 Å². The zero-order valence-electron chi connectivity index (χ0n) is 39.1. The molecule has 3 N–H and O–H groups in total. The fraction of sp³-hybridized carbons (Fsp3) is 0.882. The van der Waals surface area contributed by atoms with Crippen LogP contribution in [0.1, 0.15) is 216 Å². The van der Waals surface area contributed by atoms with Crippen LogP contribution in [0.3, 0.4) is 0 Å². The Balaban J connectivity index is 1.22. The number of hydrogen-bond donors (Lipinski definition) is 3. The molecular formula is C51H86N2O6. The third-order valence-electron chi connectivity index (χ3n) is 17.9. The van der Waals surface area contributed by atoms with E-state index in [-0.39, 0.29) is 62.3 Å². The summed E-state index contributed by atoms with van der Waals surface area (Å²) in [4.78, 5) is 50.9. The number of carboxylic acid groups (broad SMARTS) is 1. The van der Waals surface area contributed by atoms with Crippen LogP contribution in [-0.2, 0) is 23.9 Å². The van der Waals surface area contributed by atoms with Crippen molar-refractivity contribution in [3.05, 3.63) is 11.6 Å². The molecular weight excluding hydrogens is 737 g/mol. The van der Waals surface area contributed by atoms with E-state index in [1.54, 1.807) is 5.57 Å². The molecule has 5 rings (SSSR count). The highest BCUT2D eigenvalue weighted by atomic mass is 16.5. The molecule has 0 aromatic carbocycles. The zero-order valence-corrected chi connectivity index (χ0v) is 39.1. The van der Waals surface area contributed by atoms with Crippen LogP contribution in [0.5, 0.6) is 0 Å². The largest absolute Gasteiger partial charge is 0.480 e. The number of fused-ring (bicyclic) bond motifs is 7. The minimum atomic E-state index is -1.03. The van der Waals surface area contributed by atoms with Crippen molar-refractivity contribution >= 4 is 23.8 Å². The first kappa shape index (κ1) is 47.7. The Hall–Kier alpha value is -2.38. The number of ether oxygens (including phenoxy) is 1. The van der Waals surface area contributed by atoms with Crippen molar-refractivity contribution in [2.75, 3.05) is 6.54 Å². The molecule has 0 radical (unpaired) electrons. The number of carbonyl (C=O) groups is 4. The van der Waals surface area contributed by atoms with Crippen LogP contribution in [0.4, 0.5) is 0 Å². The molecule has 336 valence electrons. The van der Waals surface area contributed by atoms with Crippen LogP contribution in [0, 0.1) is 50.2 Å². The molecule has 3 unspecified atom stereocenters. The van der Waals surface area contributed by atoms with Crippen LogP contribution in [0.15, 0.2) is 11.6 Å². The minimum Gasteiger partial charge on any atom is -0.480 e. The molecule has 0 bridgehead atoms. The average Bonchev–Trinajstić information content (AvgIpc) is 3.16. The van der Waals surface area contributed by atoms with Gasteiger partial charge in [0.1, 0.15) is 12.1 Å². The van der Waals surface area contributed by atoms with E-state index < -0.39 is 12.0 Å². The van der Waals surface area contributed by atoms with E-state index in [2.05, 4.69) is 72.1 Å². The van der Waals surface area contributed by atoms with Gasteiger partial charge in [0.25, 0.3) is 0 Å². The highest BCUT2D eigenvalue weighted by molar-refractivity contribution is 5.84. The molecule has 0 saturated heterocycles. The van der Waals surface area contributed by atoms with E-state index in [4.69, 9.17) is 9.84 Å². The van der Waals surface area contributed by atoms with Crippen LogP contribution < -0.4 is 10.6 Å². The van der Waals surface area contributed by atoms with Gasteiger partial charge in [-0.25, -0.2) is 0 Å². The Bertz CT molecular complexity index is 1520. The normalized spacial score (nSPS) is 34.8. The number of rotatable bonds is 20. The van der Waals surface area contributed by atoms with E-state index in [0.717, 1.165) is 83.5 Å². The lowest BCUT2D eigenvalue weighted by Gasteiger charge is -2.71. The second kappa shape index (κ2) is 19.3. The summed E-state index contributed by atoms with van der Waals surface area (Å²) in [5.74, 6) is 0.246. The molecule has 0 aliphatic heterocycles. The van der Waals surface area contributed by atoms with Crippen LogP contribution in [0.2, 0.25) is 0 Å². The number of aliphatic carboxylic acids is 1. The van der Waals surface area contributed by atoms with E-state index in [9.17, 15) is 19.2 Å². The van der Waals surface area contributed by atoms with Crippen molar-refractivity contribution < 1.29 is 29.0 Å². The second-order valence-corrected chi connectivity index (χ2v) is 22.5. The molecule has 8 nitrogen and oxygen atoms in total. The molecule has 0 aromatic rings. The SMILES string of the molecule is CCCCCCCCCCCC(=O)O[C@H]1CC[C@@]2(C)C(CC[C@]3(C)C2CC=C2C4CC(C)(C)CC[C@]4(C(=O)NCCCCCC(=O)N[C@@H](C)C(=O)O)CC[C@]23C)C1(C)C. The minimum absolute atomic E-state index is 0.00634. The Morgan fingerprint density at radius 3 is 2.07 bits per heavy atom. The van der Waals surface area contributed by atoms with Gasteiger partial charge in [0.2, 0.25) is 11.8 Å². The van der Waals surface area contributed by atoms with Crippen molar-refractivity contribution in [1.82, 2.24) is 10.6 Å². The molecule has 59 heavy (non-hydrogen) atoms. The first-order chi connectivity index (χ1) is 27.8.